The summed E-state index contributed by atoms with van der Waals surface area (Å²) in [5.74, 6) is 0.0111. The quantitative estimate of drug-likeness (QED) is 0.713. The first-order valence-corrected chi connectivity index (χ1v) is 8.34. The predicted octanol–water partition coefficient (Wildman–Crippen LogP) is 5.50. The van der Waals surface area contributed by atoms with Crippen molar-refractivity contribution in [2.45, 2.75) is 40.0 Å². The van der Waals surface area contributed by atoms with Crippen molar-refractivity contribution >= 4 is 22.5 Å². The maximum Gasteiger partial charge on any atom is 0.224 e. The average molecular weight is 322 g/mol. The van der Waals surface area contributed by atoms with E-state index < -0.39 is 0 Å². The highest BCUT2D eigenvalue weighted by molar-refractivity contribution is 6.00. The Hall–Kier alpha value is -2.42. The fourth-order valence-corrected chi connectivity index (χ4v) is 2.72. The molecule has 3 nitrogen and oxygen atoms in total. The molecule has 1 heterocycles. The van der Waals surface area contributed by atoms with Crippen molar-refractivity contribution in [3.8, 4) is 0 Å². The van der Waals surface area contributed by atoms with E-state index in [0.717, 1.165) is 29.4 Å². The molecule has 0 aliphatic heterocycles. The Kier molecular flexibility index (Phi) is 5.91. The number of fused-ring (bicyclic) bond motifs is 1. The molecule has 1 aromatic heterocycles. The van der Waals surface area contributed by atoms with E-state index in [4.69, 9.17) is 0 Å². The van der Waals surface area contributed by atoms with Crippen LogP contribution in [0, 0.1) is 5.41 Å². The fourth-order valence-electron chi connectivity index (χ4n) is 2.72. The highest BCUT2D eigenvalue weighted by Gasteiger charge is 2.11. The number of carbonyl (C=O) groups is 1. The summed E-state index contributed by atoms with van der Waals surface area (Å²) in [5.41, 5.74) is 2.95. The second-order valence-electron chi connectivity index (χ2n) is 7.09. The summed E-state index contributed by atoms with van der Waals surface area (Å²) in [6.07, 6.45) is 7.89. The van der Waals surface area contributed by atoms with Crippen molar-refractivity contribution < 1.29 is 4.79 Å². The Balaban J connectivity index is 2.04. The first kappa shape index (κ1) is 17.9. The van der Waals surface area contributed by atoms with E-state index in [-0.39, 0.29) is 11.3 Å². The maximum atomic E-state index is 12.3. The van der Waals surface area contributed by atoms with Gasteiger partial charge in [0.1, 0.15) is 0 Å². The SMILES string of the molecule is C=CC/C(=C/C(C)(C)C)CCC(=O)Nc1cccc2cccnc12. The Bertz CT molecular complexity index is 749. The van der Waals surface area contributed by atoms with Crippen LogP contribution in [-0.4, -0.2) is 10.9 Å². The molecule has 0 saturated carbocycles. The van der Waals surface area contributed by atoms with E-state index in [0.29, 0.717) is 6.42 Å². The van der Waals surface area contributed by atoms with E-state index in [1.54, 1.807) is 6.20 Å². The standard InChI is InChI=1S/C21H26N2O/c1-5-8-16(15-21(2,3)4)12-13-19(24)23-18-11-6-9-17-10-7-14-22-20(17)18/h5-7,9-11,14-15H,1,8,12-13H2,2-4H3,(H,23,24)/b16-15-. The summed E-state index contributed by atoms with van der Waals surface area (Å²) < 4.78 is 0. The Morgan fingerprint density at radius 3 is 2.67 bits per heavy atom. The van der Waals surface area contributed by atoms with Crippen LogP contribution >= 0.6 is 0 Å². The van der Waals surface area contributed by atoms with Crippen molar-refractivity contribution in [1.29, 1.82) is 0 Å². The zero-order chi connectivity index (χ0) is 17.6. The van der Waals surface area contributed by atoms with E-state index >= 15 is 0 Å². The summed E-state index contributed by atoms with van der Waals surface area (Å²) >= 11 is 0. The summed E-state index contributed by atoms with van der Waals surface area (Å²) in [7, 11) is 0. The molecule has 0 unspecified atom stereocenters. The Labute approximate surface area is 144 Å². The zero-order valence-electron chi connectivity index (χ0n) is 14.8. The number of para-hydroxylation sites is 1. The molecule has 1 N–H and O–H groups in total. The van der Waals surface area contributed by atoms with Gasteiger partial charge in [0.25, 0.3) is 0 Å². The summed E-state index contributed by atoms with van der Waals surface area (Å²) in [6.45, 7) is 10.3. The lowest BCUT2D eigenvalue weighted by Gasteiger charge is -2.16. The number of hydrogen-bond acceptors (Lipinski definition) is 2. The van der Waals surface area contributed by atoms with Gasteiger partial charge in [-0.25, -0.2) is 0 Å². The largest absolute Gasteiger partial charge is 0.324 e. The number of hydrogen-bond donors (Lipinski definition) is 1. The van der Waals surface area contributed by atoms with Crippen LogP contribution in [0.3, 0.4) is 0 Å². The molecule has 3 heteroatoms. The number of carbonyl (C=O) groups excluding carboxylic acids is 1. The van der Waals surface area contributed by atoms with Gasteiger partial charge in [-0.05, 0) is 30.4 Å². The molecular formula is C21H26N2O. The predicted molar refractivity (Wildman–Crippen MR) is 102 cm³/mol. The molecule has 0 aliphatic rings. The monoisotopic (exact) mass is 322 g/mol. The van der Waals surface area contributed by atoms with Gasteiger partial charge in [0.2, 0.25) is 5.91 Å². The molecule has 0 fully saturated rings. The van der Waals surface area contributed by atoms with Gasteiger partial charge in [0.15, 0.2) is 0 Å². The van der Waals surface area contributed by atoms with E-state index in [1.165, 1.54) is 5.57 Å². The maximum absolute atomic E-state index is 12.3. The highest BCUT2D eigenvalue weighted by atomic mass is 16.1. The molecule has 0 bridgehead atoms. The second-order valence-corrected chi connectivity index (χ2v) is 7.09. The number of nitrogens with one attached hydrogen (secondary N) is 1. The third-order valence-electron chi connectivity index (χ3n) is 3.62. The molecule has 24 heavy (non-hydrogen) atoms. The fraction of sp³-hybridized carbons (Fsp3) is 0.333. The Morgan fingerprint density at radius 2 is 1.96 bits per heavy atom. The minimum Gasteiger partial charge on any atom is -0.324 e. The molecule has 2 aromatic rings. The summed E-state index contributed by atoms with van der Waals surface area (Å²) in [6, 6.07) is 9.70. The molecule has 0 atom stereocenters. The number of benzene rings is 1. The normalized spacial score (nSPS) is 12.2. The van der Waals surface area contributed by atoms with E-state index in [9.17, 15) is 4.79 Å². The lowest BCUT2D eigenvalue weighted by molar-refractivity contribution is -0.116. The number of pyridine rings is 1. The molecule has 0 saturated heterocycles. The molecule has 1 aromatic carbocycles. The minimum absolute atomic E-state index is 0.0111. The smallest absolute Gasteiger partial charge is 0.224 e. The number of amides is 1. The van der Waals surface area contributed by atoms with Crippen LogP contribution in [0.15, 0.2) is 60.8 Å². The average Bonchev–Trinajstić information content (AvgIpc) is 2.52. The van der Waals surface area contributed by atoms with E-state index in [2.05, 4.69) is 43.7 Å². The van der Waals surface area contributed by atoms with Gasteiger partial charge in [-0.3, -0.25) is 9.78 Å². The second kappa shape index (κ2) is 7.91. The van der Waals surface area contributed by atoms with Crippen LogP contribution in [0.2, 0.25) is 0 Å². The third-order valence-corrected chi connectivity index (χ3v) is 3.62. The van der Waals surface area contributed by atoms with Gasteiger partial charge in [-0.15, -0.1) is 6.58 Å². The van der Waals surface area contributed by atoms with Crippen LogP contribution in [0.25, 0.3) is 10.9 Å². The van der Waals surface area contributed by atoms with Crippen molar-refractivity contribution in [3.05, 3.63) is 60.8 Å². The number of allylic oxidation sites excluding steroid dienone is 3. The van der Waals surface area contributed by atoms with Gasteiger partial charge in [-0.2, -0.15) is 0 Å². The van der Waals surface area contributed by atoms with Crippen molar-refractivity contribution in [1.82, 2.24) is 4.98 Å². The van der Waals surface area contributed by atoms with Gasteiger partial charge >= 0.3 is 0 Å². The van der Waals surface area contributed by atoms with Crippen LogP contribution in [0.1, 0.15) is 40.0 Å². The zero-order valence-corrected chi connectivity index (χ0v) is 14.8. The molecule has 0 aliphatic carbocycles. The molecule has 0 spiro atoms. The summed E-state index contributed by atoms with van der Waals surface area (Å²) in [5, 5.41) is 4.01. The third kappa shape index (κ3) is 5.34. The van der Waals surface area contributed by atoms with Gasteiger partial charge in [-0.1, -0.05) is 56.7 Å². The Morgan fingerprint density at radius 1 is 1.21 bits per heavy atom. The highest BCUT2D eigenvalue weighted by Crippen LogP contribution is 2.24. The lowest BCUT2D eigenvalue weighted by Crippen LogP contribution is -2.12. The van der Waals surface area contributed by atoms with Crippen LogP contribution in [0.4, 0.5) is 5.69 Å². The minimum atomic E-state index is 0.0111. The summed E-state index contributed by atoms with van der Waals surface area (Å²) in [4.78, 5) is 16.7. The number of rotatable bonds is 6. The van der Waals surface area contributed by atoms with Crippen molar-refractivity contribution in [3.63, 3.8) is 0 Å². The molecular weight excluding hydrogens is 296 g/mol. The van der Waals surface area contributed by atoms with Gasteiger partial charge in [0.05, 0.1) is 11.2 Å². The van der Waals surface area contributed by atoms with Crippen LogP contribution < -0.4 is 5.32 Å². The molecule has 1 amide bonds. The number of anilines is 1. The van der Waals surface area contributed by atoms with E-state index in [1.807, 2.05) is 36.4 Å². The van der Waals surface area contributed by atoms with Crippen LogP contribution in [0.5, 0.6) is 0 Å². The van der Waals surface area contributed by atoms with Crippen molar-refractivity contribution in [2.24, 2.45) is 5.41 Å². The number of nitrogens with zero attached hydrogens (tertiary/aromatic N) is 1. The molecule has 126 valence electrons. The number of aromatic nitrogens is 1. The topological polar surface area (TPSA) is 42.0 Å². The molecule has 2 rings (SSSR count). The van der Waals surface area contributed by atoms with Crippen molar-refractivity contribution in [2.75, 3.05) is 5.32 Å². The first-order valence-electron chi connectivity index (χ1n) is 8.34. The van der Waals surface area contributed by atoms with Crippen LogP contribution in [-0.2, 0) is 4.79 Å². The van der Waals surface area contributed by atoms with Gasteiger partial charge < -0.3 is 5.32 Å². The lowest BCUT2D eigenvalue weighted by atomic mass is 9.91. The molecule has 0 radical (unpaired) electrons. The van der Waals surface area contributed by atoms with Gasteiger partial charge in [0, 0.05) is 18.0 Å². The first-order chi connectivity index (χ1) is 11.4.